The molecule has 0 amide bonds. The van der Waals surface area contributed by atoms with Crippen LogP contribution in [0.4, 0.5) is 0 Å². The number of halogens is 1. The van der Waals surface area contributed by atoms with E-state index in [4.69, 9.17) is 9.47 Å². The van der Waals surface area contributed by atoms with Gasteiger partial charge in [0.15, 0.2) is 5.60 Å². The van der Waals surface area contributed by atoms with Crippen molar-refractivity contribution < 1.29 is 14.3 Å². The molecule has 1 aromatic carbocycles. The number of hydrogen-bond donors (Lipinski definition) is 0. The summed E-state index contributed by atoms with van der Waals surface area (Å²) < 4.78 is 11.7. The second-order valence-corrected chi connectivity index (χ2v) is 10.6. The highest BCUT2D eigenvalue weighted by Gasteiger charge is 2.51. The van der Waals surface area contributed by atoms with Crippen molar-refractivity contribution in [3.05, 3.63) is 46.5 Å². The first-order valence-corrected chi connectivity index (χ1v) is 12.5. The first-order chi connectivity index (χ1) is 14.4. The Hall–Kier alpha value is -1.13. The highest BCUT2D eigenvalue weighted by Crippen LogP contribution is 2.60. The third kappa shape index (κ3) is 4.02. The van der Waals surface area contributed by atoms with Gasteiger partial charge in [0, 0.05) is 5.56 Å². The smallest absolute Gasteiger partial charge is 0.340 e. The van der Waals surface area contributed by atoms with Gasteiger partial charge in [0.05, 0.1) is 0 Å². The lowest BCUT2D eigenvalue weighted by atomic mass is 9.61. The highest BCUT2D eigenvalue weighted by atomic mass is 79.9. The van der Waals surface area contributed by atoms with Gasteiger partial charge in [0.1, 0.15) is 0 Å². The van der Waals surface area contributed by atoms with E-state index in [2.05, 4.69) is 34.8 Å². The molecule has 4 rings (SSSR count). The zero-order valence-electron chi connectivity index (χ0n) is 18.5. The van der Waals surface area contributed by atoms with Gasteiger partial charge in [0.2, 0.25) is 6.29 Å². The van der Waals surface area contributed by atoms with Gasteiger partial charge in [-0.05, 0) is 80.0 Å². The first kappa shape index (κ1) is 22.1. The summed E-state index contributed by atoms with van der Waals surface area (Å²) in [6, 6.07) is 9.74. The molecular weight excluding hydrogens is 440 g/mol. The Kier molecular flexibility index (Phi) is 6.46. The van der Waals surface area contributed by atoms with Gasteiger partial charge in [-0.1, -0.05) is 72.1 Å². The number of carbonyl (C=O) groups is 1. The SMILES string of the molecule is C[C@H](CCC[C@@]1(C)O[C@H](c2ccccc2)OC1=O)[C@H]1CCC2C(=CBr)CCC[C@@]21C. The molecular formula is C26H35BrO3. The molecule has 1 aliphatic heterocycles. The quantitative estimate of drug-likeness (QED) is 0.405. The molecule has 0 bridgehead atoms. The summed E-state index contributed by atoms with van der Waals surface area (Å²) in [5, 5.41) is 0. The van der Waals surface area contributed by atoms with Gasteiger partial charge < -0.3 is 9.47 Å². The van der Waals surface area contributed by atoms with Crippen LogP contribution in [0.3, 0.4) is 0 Å². The maximum atomic E-state index is 12.6. The third-order valence-corrected chi connectivity index (χ3v) is 8.85. The van der Waals surface area contributed by atoms with Crippen LogP contribution in [0.5, 0.6) is 0 Å². The van der Waals surface area contributed by atoms with Crippen molar-refractivity contribution in [3.63, 3.8) is 0 Å². The number of carbonyl (C=O) groups excluding carboxylic acids is 1. The van der Waals surface area contributed by atoms with Crippen LogP contribution < -0.4 is 0 Å². The van der Waals surface area contributed by atoms with Crippen molar-refractivity contribution in [1.29, 1.82) is 0 Å². The molecule has 30 heavy (non-hydrogen) atoms. The first-order valence-electron chi connectivity index (χ1n) is 11.6. The number of allylic oxidation sites excluding steroid dienone is 1. The van der Waals surface area contributed by atoms with Crippen molar-refractivity contribution in [3.8, 4) is 0 Å². The molecule has 0 radical (unpaired) electrons. The topological polar surface area (TPSA) is 35.5 Å². The third-order valence-electron chi connectivity index (χ3n) is 8.26. The molecule has 164 valence electrons. The Labute approximate surface area is 189 Å². The molecule has 1 saturated heterocycles. The van der Waals surface area contributed by atoms with E-state index in [-0.39, 0.29) is 5.97 Å². The summed E-state index contributed by atoms with van der Waals surface area (Å²) in [4.78, 5) is 14.8. The van der Waals surface area contributed by atoms with E-state index in [0.29, 0.717) is 11.3 Å². The minimum Gasteiger partial charge on any atom is -0.429 e. The molecule has 3 fully saturated rings. The average Bonchev–Trinajstić information content (AvgIpc) is 3.25. The molecule has 0 spiro atoms. The van der Waals surface area contributed by atoms with Crippen molar-refractivity contribution >= 4 is 21.9 Å². The lowest BCUT2D eigenvalue weighted by Crippen LogP contribution is -2.36. The maximum Gasteiger partial charge on any atom is 0.340 e. The van der Waals surface area contributed by atoms with Crippen molar-refractivity contribution in [1.82, 2.24) is 0 Å². The molecule has 0 aromatic heterocycles. The Balaban J connectivity index is 1.33. The fourth-order valence-electron chi connectivity index (χ4n) is 6.55. The Morgan fingerprint density at radius 3 is 2.73 bits per heavy atom. The number of rotatable bonds is 6. The lowest BCUT2D eigenvalue weighted by Gasteiger charge is -2.44. The van der Waals surface area contributed by atoms with Gasteiger partial charge in [-0.15, -0.1) is 0 Å². The van der Waals surface area contributed by atoms with E-state index in [1.54, 1.807) is 5.57 Å². The van der Waals surface area contributed by atoms with Gasteiger partial charge in [-0.3, -0.25) is 0 Å². The fraction of sp³-hybridized carbons (Fsp3) is 0.654. The number of hydrogen-bond acceptors (Lipinski definition) is 3. The summed E-state index contributed by atoms with van der Waals surface area (Å²) in [6.45, 7) is 6.85. The maximum absolute atomic E-state index is 12.6. The summed E-state index contributed by atoms with van der Waals surface area (Å²) >= 11 is 3.62. The summed E-state index contributed by atoms with van der Waals surface area (Å²) in [5.74, 6) is 1.96. The number of esters is 1. The zero-order valence-corrected chi connectivity index (χ0v) is 20.1. The highest BCUT2D eigenvalue weighted by molar-refractivity contribution is 9.11. The average molecular weight is 475 g/mol. The molecule has 4 heteroatoms. The molecule has 0 N–H and O–H groups in total. The normalized spacial score (nSPS) is 38.5. The largest absolute Gasteiger partial charge is 0.429 e. The van der Waals surface area contributed by atoms with Crippen LogP contribution in [-0.4, -0.2) is 11.6 Å². The summed E-state index contributed by atoms with van der Waals surface area (Å²) in [7, 11) is 0. The van der Waals surface area contributed by atoms with Crippen LogP contribution in [0.15, 0.2) is 40.9 Å². The van der Waals surface area contributed by atoms with Crippen LogP contribution in [0.2, 0.25) is 0 Å². The fourth-order valence-corrected chi connectivity index (χ4v) is 7.09. The Bertz CT molecular complexity index is 791. The van der Waals surface area contributed by atoms with Crippen molar-refractivity contribution in [2.24, 2.45) is 23.2 Å². The van der Waals surface area contributed by atoms with E-state index in [1.165, 1.54) is 32.1 Å². The molecule has 1 aromatic rings. The molecule has 2 saturated carbocycles. The molecule has 2 aliphatic carbocycles. The molecule has 1 unspecified atom stereocenters. The molecule has 3 aliphatic rings. The monoisotopic (exact) mass is 474 g/mol. The van der Waals surface area contributed by atoms with E-state index in [0.717, 1.165) is 36.7 Å². The van der Waals surface area contributed by atoms with Gasteiger partial charge >= 0.3 is 5.97 Å². The predicted molar refractivity (Wildman–Crippen MR) is 123 cm³/mol. The number of fused-ring (bicyclic) bond motifs is 1. The van der Waals surface area contributed by atoms with Crippen LogP contribution >= 0.6 is 15.9 Å². The summed E-state index contributed by atoms with van der Waals surface area (Å²) in [6.07, 6.45) is 8.86. The van der Waals surface area contributed by atoms with E-state index < -0.39 is 11.9 Å². The van der Waals surface area contributed by atoms with Crippen molar-refractivity contribution in [2.75, 3.05) is 0 Å². The minimum atomic E-state index is -0.834. The van der Waals surface area contributed by atoms with Gasteiger partial charge in [-0.25, -0.2) is 4.79 Å². The number of benzene rings is 1. The second kappa shape index (κ2) is 8.78. The molecule has 6 atom stereocenters. The molecule has 3 nitrogen and oxygen atoms in total. The van der Waals surface area contributed by atoms with Gasteiger partial charge in [0.25, 0.3) is 0 Å². The zero-order chi connectivity index (χ0) is 21.4. The molecule has 1 heterocycles. The van der Waals surface area contributed by atoms with Crippen LogP contribution in [-0.2, 0) is 14.3 Å². The predicted octanol–water partition coefficient (Wildman–Crippen LogP) is 7.32. The Morgan fingerprint density at radius 1 is 1.23 bits per heavy atom. The lowest BCUT2D eigenvalue weighted by molar-refractivity contribution is -0.145. The van der Waals surface area contributed by atoms with Crippen molar-refractivity contribution in [2.45, 2.75) is 84.0 Å². The Morgan fingerprint density at radius 2 is 2.00 bits per heavy atom. The van der Waals surface area contributed by atoms with Crippen LogP contribution in [0.1, 0.15) is 84.0 Å². The van der Waals surface area contributed by atoms with Crippen LogP contribution in [0.25, 0.3) is 0 Å². The van der Waals surface area contributed by atoms with Crippen LogP contribution in [0, 0.1) is 23.2 Å². The van der Waals surface area contributed by atoms with E-state index in [9.17, 15) is 4.79 Å². The standard InChI is InChI=1S/C26H35BrO3/c1-18(21-13-14-22-20(17-27)12-8-15-25(21,22)2)9-7-16-26(3)24(28)29-23(30-26)19-10-5-4-6-11-19/h4-6,10-11,17-18,21-23H,7-9,12-16H2,1-3H3/t18-,21-,22?,23-,25-,26-/m1/s1. The number of cyclic esters (lactones) is 1. The van der Waals surface area contributed by atoms with E-state index >= 15 is 0 Å². The number of ether oxygens (including phenoxy) is 2. The second-order valence-electron chi connectivity index (χ2n) is 10.1. The van der Waals surface area contributed by atoms with Gasteiger partial charge in [-0.2, -0.15) is 0 Å². The summed E-state index contributed by atoms with van der Waals surface area (Å²) in [5.41, 5.74) is 2.13. The van der Waals surface area contributed by atoms with E-state index in [1.807, 2.05) is 37.3 Å². The minimum absolute atomic E-state index is 0.226.